The zero-order valence-electron chi connectivity index (χ0n) is 9.74. The molecule has 0 radical (unpaired) electrons. The first kappa shape index (κ1) is 12.2. The number of nitrogens with zero attached hydrogens (tertiary/aromatic N) is 1. The lowest BCUT2D eigenvalue weighted by Gasteiger charge is -2.34. The molecular weight excluding hydrogens is 238 g/mol. The number of halogens is 1. The van der Waals surface area contributed by atoms with Crippen LogP contribution in [0, 0.1) is 0 Å². The van der Waals surface area contributed by atoms with Gasteiger partial charge in [-0.25, -0.2) is 0 Å². The number of hydrogen-bond donors (Lipinski definition) is 2. The number of amides is 1. The van der Waals surface area contributed by atoms with Gasteiger partial charge in [0.15, 0.2) is 0 Å². The van der Waals surface area contributed by atoms with E-state index in [1.165, 1.54) is 0 Å². The van der Waals surface area contributed by atoms with E-state index in [1.807, 2.05) is 0 Å². The minimum absolute atomic E-state index is 0.392. The summed E-state index contributed by atoms with van der Waals surface area (Å²) in [7, 11) is 0. The Morgan fingerprint density at radius 1 is 1.59 bits per heavy atom. The van der Waals surface area contributed by atoms with Gasteiger partial charge in [-0.3, -0.25) is 4.79 Å². The molecule has 92 valence electrons. The number of rotatable bonds is 2. The summed E-state index contributed by atoms with van der Waals surface area (Å²) in [6.07, 6.45) is 0. The smallest absolute Gasteiger partial charge is 0.250 e. The van der Waals surface area contributed by atoms with Gasteiger partial charge in [0.25, 0.3) is 5.91 Å². The number of hydrogen-bond acceptors (Lipinski definition) is 3. The van der Waals surface area contributed by atoms with Crippen LogP contribution >= 0.6 is 11.6 Å². The second-order valence-electron chi connectivity index (χ2n) is 4.33. The van der Waals surface area contributed by atoms with Gasteiger partial charge in [0.05, 0.1) is 11.3 Å². The molecule has 1 aromatic carbocycles. The molecular formula is C12H16ClN3O. The van der Waals surface area contributed by atoms with Crippen LogP contribution in [0.2, 0.25) is 5.02 Å². The van der Waals surface area contributed by atoms with Gasteiger partial charge in [0, 0.05) is 30.7 Å². The highest BCUT2D eigenvalue weighted by molar-refractivity contribution is 6.31. The fraction of sp³-hybridized carbons (Fsp3) is 0.417. The van der Waals surface area contributed by atoms with Crippen molar-refractivity contribution in [2.45, 2.75) is 13.0 Å². The van der Waals surface area contributed by atoms with E-state index in [-0.39, 0.29) is 0 Å². The number of primary amides is 1. The molecule has 1 aromatic rings. The molecule has 1 aliphatic heterocycles. The summed E-state index contributed by atoms with van der Waals surface area (Å²) in [4.78, 5) is 13.5. The summed E-state index contributed by atoms with van der Waals surface area (Å²) in [5, 5.41) is 3.98. The van der Waals surface area contributed by atoms with Gasteiger partial charge in [0.1, 0.15) is 0 Å². The molecule has 17 heavy (non-hydrogen) atoms. The van der Waals surface area contributed by atoms with Crippen molar-refractivity contribution in [3.05, 3.63) is 28.8 Å². The van der Waals surface area contributed by atoms with Crippen LogP contribution in [0.4, 0.5) is 5.69 Å². The number of carbonyl (C=O) groups is 1. The Morgan fingerprint density at radius 2 is 2.35 bits per heavy atom. The zero-order valence-corrected chi connectivity index (χ0v) is 10.5. The van der Waals surface area contributed by atoms with Crippen molar-refractivity contribution < 1.29 is 4.79 Å². The summed E-state index contributed by atoms with van der Waals surface area (Å²) in [6, 6.07) is 5.58. The quantitative estimate of drug-likeness (QED) is 0.834. The Kier molecular flexibility index (Phi) is 3.54. The van der Waals surface area contributed by atoms with Gasteiger partial charge >= 0.3 is 0 Å². The number of carbonyl (C=O) groups excluding carboxylic acids is 1. The lowest BCUT2D eigenvalue weighted by Crippen LogP contribution is -2.49. The summed E-state index contributed by atoms with van der Waals surface area (Å²) >= 11 is 5.98. The summed E-state index contributed by atoms with van der Waals surface area (Å²) in [5.41, 5.74) is 6.74. The largest absolute Gasteiger partial charge is 0.368 e. The molecule has 1 saturated heterocycles. The Balaban J connectivity index is 2.35. The predicted molar refractivity (Wildman–Crippen MR) is 69.6 cm³/mol. The molecule has 0 saturated carbocycles. The van der Waals surface area contributed by atoms with Crippen molar-refractivity contribution in [1.29, 1.82) is 0 Å². The van der Waals surface area contributed by atoms with Gasteiger partial charge in [-0.15, -0.1) is 0 Å². The summed E-state index contributed by atoms with van der Waals surface area (Å²) in [6.45, 7) is 4.71. The third-order valence-electron chi connectivity index (χ3n) is 2.93. The van der Waals surface area contributed by atoms with Gasteiger partial charge in [-0.1, -0.05) is 11.6 Å². The minimum Gasteiger partial charge on any atom is -0.368 e. The molecule has 4 nitrogen and oxygen atoms in total. The first-order chi connectivity index (χ1) is 8.08. The van der Waals surface area contributed by atoms with Crippen LogP contribution in [0.1, 0.15) is 17.3 Å². The topological polar surface area (TPSA) is 58.4 Å². The van der Waals surface area contributed by atoms with E-state index in [0.29, 0.717) is 16.6 Å². The Labute approximate surface area is 106 Å². The lowest BCUT2D eigenvalue weighted by molar-refractivity contribution is 0.100. The van der Waals surface area contributed by atoms with Crippen molar-refractivity contribution in [2.24, 2.45) is 5.73 Å². The molecule has 0 aliphatic carbocycles. The highest BCUT2D eigenvalue weighted by Crippen LogP contribution is 2.25. The van der Waals surface area contributed by atoms with Gasteiger partial charge in [-0.05, 0) is 25.1 Å². The maximum absolute atomic E-state index is 11.4. The maximum atomic E-state index is 11.4. The molecule has 2 rings (SSSR count). The molecule has 1 unspecified atom stereocenters. The maximum Gasteiger partial charge on any atom is 0.250 e. The second-order valence-corrected chi connectivity index (χ2v) is 4.76. The van der Waals surface area contributed by atoms with E-state index >= 15 is 0 Å². The van der Waals surface area contributed by atoms with Crippen LogP contribution in [-0.4, -0.2) is 31.6 Å². The molecule has 0 spiro atoms. The molecule has 1 fully saturated rings. The Bertz CT molecular complexity index is 436. The van der Waals surface area contributed by atoms with Crippen molar-refractivity contribution in [3.8, 4) is 0 Å². The van der Waals surface area contributed by atoms with E-state index in [1.54, 1.807) is 18.2 Å². The summed E-state index contributed by atoms with van der Waals surface area (Å²) < 4.78 is 0. The Hall–Kier alpha value is -1.26. The number of nitrogens with one attached hydrogen (secondary N) is 1. The summed E-state index contributed by atoms with van der Waals surface area (Å²) in [5.74, 6) is -0.414. The van der Waals surface area contributed by atoms with E-state index in [2.05, 4.69) is 17.1 Å². The van der Waals surface area contributed by atoms with Gasteiger partial charge < -0.3 is 16.0 Å². The molecule has 0 aromatic heterocycles. The standard InChI is InChI=1S/C12H16ClN3O/c1-8-7-16(5-4-15-8)11-6-9(13)2-3-10(11)12(14)17/h2-3,6,8,15H,4-5,7H2,1H3,(H2,14,17). The van der Waals surface area contributed by atoms with E-state index in [0.717, 1.165) is 25.3 Å². The first-order valence-corrected chi connectivity index (χ1v) is 6.03. The van der Waals surface area contributed by atoms with Crippen LogP contribution in [0.3, 0.4) is 0 Å². The van der Waals surface area contributed by atoms with E-state index in [9.17, 15) is 4.79 Å². The van der Waals surface area contributed by atoms with E-state index in [4.69, 9.17) is 17.3 Å². The minimum atomic E-state index is -0.414. The highest BCUT2D eigenvalue weighted by atomic mass is 35.5. The molecule has 1 aliphatic rings. The molecule has 3 N–H and O–H groups in total. The number of benzene rings is 1. The van der Waals surface area contributed by atoms with Crippen LogP contribution < -0.4 is 16.0 Å². The van der Waals surface area contributed by atoms with E-state index < -0.39 is 5.91 Å². The van der Waals surface area contributed by atoms with Crippen molar-refractivity contribution in [2.75, 3.05) is 24.5 Å². The van der Waals surface area contributed by atoms with Crippen molar-refractivity contribution in [1.82, 2.24) is 5.32 Å². The number of anilines is 1. The van der Waals surface area contributed by atoms with Crippen molar-refractivity contribution in [3.63, 3.8) is 0 Å². The SMILES string of the molecule is CC1CN(c2cc(Cl)ccc2C(N)=O)CCN1. The monoisotopic (exact) mass is 253 g/mol. The van der Waals surface area contributed by atoms with Crippen LogP contribution in [0.25, 0.3) is 0 Å². The Morgan fingerprint density at radius 3 is 3.00 bits per heavy atom. The van der Waals surface area contributed by atoms with Crippen LogP contribution in [-0.2, 0) is 0 Å². The van der Waals surface area contributed by atoms with Gasteiger partial charge in [0.2, 0.25) is 0 Å². The van der Waals surface area contributed by atoms with Crippen LogP contribution in [0.5, 0.6) is 0 Å². The number of nitrogens with two attached hydrogens (primary N) is 1. The fourth-order valence-corrected chi connectivity index (χ4v) is 2.29. The average molecular weight is 254 g/mol. The zero-order chi connectivity index (χ0) is 12.4. The highest BCUT2D eigenvalue weighted by Gasteiger charge is 2.20. The van der Waals surface area contributed by atoms with Gasteiger partial charge in [-0.2, -0.15) is 0 Å². The molecule has 1 heterocycles. The van der Waals surface area contributed by atoms with Crippen molar-refractivity contribution >= 4 is 23.2 Å². The lowest BCUT2D eigenvalue weighted by atomic mass is 10.1. The third-order valence-corrected chi connectivity index (χ3v) is 3.17. The normalized spacial score (nSPS) is 20.4. The number of piperazine rings is 1. The fourth-order valence-electron chi connectivity index (χ4n) is 2.13. The third kappa shape index (κ3) is 2.70. The van der Waals surface area contributed by atoms with Crippen LogP contribution in [0.15, 0.2) is 18.2 Å². The predicted octanol–water partition coefficient (Wildman–Crippen LogP) is 1.24. The first-order valence-electron chi connectivity index (χ1n) is 5.65. The molecule has 5 heteroatoms. The molecule has 1 amide bonds. The average Bonchev–Trinajstić information content (AvgIpc) is 2.28. The second kappa shape index (κ2) is 4.94. The molecule has 0 bridgehead atoms. The molecule has 1 atom stereocenters.